The van der Waals surface area contributed by atoms with Gasteiger partial charge >= 0.3 is 6.18 Å². The van der Waals surface area contributed by atoms with E-state index in [1.165, 1.54) is 10.9 Å². The molecule has 0 atom stereocenters. The van der Waals surface area contributed by atoms with E-state index in [9.17, 15) is 13.2 Å². The lowest BCUT2D eigenvalue weighted by molar-refractivity contribution is -0.141. The van der Waals surface area contributed by atoms with Crippen LogP contribution in [0.1, 0.15) is 16.8 Å². The average Bonchev–Trinajstić information content (AvgIpc) is 2.65. The lowest BCUT2D eigenvalue weighted by Crippen LogP contribution is -2.08. The maximum Gasteiger partial charge on any atom is 0.435 e. The van der Waals surface area contributed by atoms with Crippen molar-refractivity contribution in [1.29, 1.82) is 0 Å². The van der Waals surface area contributed by atoms with E-state index >= 15 is 0 Å². The highest BCUT2D eigenvalue weighted by Gasteiger charge is 2.33. The first-order valence-corrected chi connectivity index (χ1v) is 5.11. The van der Waals surface area contributed by atoms with Crippen molar-refractivity contribution in [2.24, 2.45) is 0 Å². The highest BCUT2D eigenvalue weighted by atomic mass is 19.4. The predicted octanol–water partition coefficient (Wildman–Crippen LogP) is 3.26. The Morgan fingerprint density at radius 3 is 2.59 bits per heavy atom. The summed E-state index contributed by atoms with van der Waals surface area (Å²) in [6, 6.07) is 8.58. The van der Waals surface area contributed by atoms with Crippen molar-refractivity contribution in [1.82, 2.24) is 9.78 Å². The molecule has 0 aliphatic carbocycles. The minimum Gasteiger partial charge on any atom is -0.268 e. The molecule has 0 amide bonds. The smallest absolute Gasteiger partial charge is 0.268 e. The Bertz CT molecular complexity index is 514. The molecule has 0 radical (unpaired) electrons. The van der Waals surface area contributed by atoms with Crippen molar-refractivity contribution < 1.29 is 13.2 Å². The minimum absolute atomic E-state index is 0.345. The molecule has 0 spiro atoms. The second-order valence-corrected chi connectivity index (χ2v) is 3.89. The van der Waals surface area contributed by atoms with Gasteiger partial charge in [-0.25, -0.2) is 0 Å². The van der Waals surface area contributed by atoms with E-state index in [4.69, 9.17) is 0 Å². The van der Waals surface area contributed by atoms with E-state index in [1.807, 2.05) is 31.2 Å². The maximum atomic E-state index is 12.3. The first-order chi connectivity index (χ1) is 7.95. The molecule has 0 saturated heterocycles. The summed E-state index contributed by atoms with van der Waals surface area (Å²) in [7, 11) is 0. The standard InChI is InChI=1S/C12H11F3N2/c1-9-3-2-4-10(7-9)8-17-6-5-11(16-17)12(13,14)15/h2-7H,8H2,1H3. The van der Waals surface area contributed by atoms with Crippen molar-refractivity contribution in [3.63, 3.8) is 0 Å². The van der Waals surface area contributed by atoms with E-state index in [1.54, 1.807) is 0 Å². The number of halogens is 3. The minimum atomic E-state index is -4.38. The summed E-state index contributed by atoms with van der Waals surface area (Å²) in [6.07, 6.45) is -3.04. The molecule has 0 fully saturated rings. The van der Waals surface area contributed by atoms with Gasteiger partial charge in [0.15, 0.2) is 5.69 Å². The molecule has 17 heavy (non-hydrogen) atoms. The number of nitrogens with zero attached hydrogens (tertiary/aromatic N) is 2. The van der Waals surface area contributed by atoms with Gasteiger partial charge in [0.05, 0.1) is 6.54 Å². The van der Waals surface area contributed by atoms with E-state index in [0.29, 0.717) is 6.54 Å². The van der Waals surface area contributed by atoms with Crippen LogP contribution in [0.5, 0.6) is 0 Å². The summed E-state index contributed by atoms with van der Waals surface area (Å²) in [5.74, 6) is 0. The van der Waals surface area contributed by atoms with E-state index < -0.39 is 11.9 Å². The Kier molecular flexibility index (Phi) is 2.92. The van der Waals surface area contributed by atoms with Gasteiger partial charge in [0.25, 0.3) is 0 Å². The van der Waals surface area contributed by atoms with Gasteiger partial charge in [0.2, 0.25) is 0 Å². The van der Waals surface area contributed by atoms with Gasteiger partial charge in [-0.2, -0.15) is 18.3 Å². The molecule has 90 valence electrons. The number of rotatable bonds is 2. The molecule has 0 bridgehead atoms. The normalized spacial score (nSPS) is 11.8. The first-order valence-electron chi connectivity index (χ1n) is 5.11. The fourth-order valence-electron chi connectivity index (χ4n) is 1.60. The Morgan fingerprint density at radius 2 is 2.00 bits per heavy atom. The quantitative estimate of drug-likeness (QED) is 0.787. The summed E-state index contributed by atoms with van der Waals surface area (Å²) in [6.45, 7) is 2.28. The third kappa shape index (κ3) is 2.87. The molecule has 2 aromatic rings. The lowest BCUT2D eigenvalue weighted by atomic mass is 10.1. The van der Waals surface area contributed by atoms with Crippen molar-refractivity contribution in [2.45, 2.75) is 19.6 Å². The second kappa shape index (κ2) is 4.24. The van der Waals surface area contributed by atoms with Gasteiger partial charge in [0, 0.05) is 6.20 Å². The third-order valence-corrected chi connectivity index (χ3v) is 2.36. The number of benzene rings is 1. The summed E-state index contributed by atoms with van der Waals surface area (Å²) in [5.41, 5.74) is 1.15. The van der Waals surface area contributed by atoms with E-state index in [0.717, 1.165) is 17.2 Å². The largest absolute Gasteiger partial charge is 0.435 e. The van der Waals surface area contributed by atoms with Gasteiger partial charge in [-0.05, 0) is 18.6 Å². The van der Waals surface area contributed by atoms with E-state index in [-0.39, 0.29) is 0 Å². The molecule has 0 aliphatic heterocycles. The van der Waals surface area contributed by atoms with Gasteiger partial charge in [-0.3, -0.25) is 4.68 Å². The highest BCUT2D eigenvalue weighted by molar-refractivity contribution is 5.22. The molecule has 0 aliphatic rings. The molecular formula is C12H11F3N2. The Hall–Kier alpha value is -1.78. The van der Waals surface area contributed by atoms with Crippen LogP contribution in [0, 0.1) is 6.92 Å². The van der Waals surface area contributed by atoms with Crippen molar-refractivity contribution >= 4 is 0 Å². The molecule has 5 heteroatoms. The third-order valence-electron chi connectivity index (χ3n) is 2.36. The van der Waals surface area contributed by atoms with Crippen molar-refractivity contribution in [3.8, 4) is 0 Å². The van der Waals surface area contributed by atoms with Crippen LogP contribution in [0.25, 0.3) is 0 Å². The summed E-state index contributed by atoms with van der Waals surface area (Å²) in [4.78, 5) is 0. The molecular weight excluding hydrogens is 229 g/mol. The van der Waals surface area contributed by atoms with Crippen LogP contribution in [0.15, 0.2) is 36.5 Å². The Morgan fingerprint density at radius 1 is 1.24 bits per heavy atom. The molecule has 2 nitrogen and oxygen atoms in total. The van der Waals surface area contributed by atoms with Gasteiger partial charge in [0.1, 0.15) is 0 Å². The fourth-order valence-corrected chi connectivity index (χ4v) is 1.60. The number of alkyl halides is 3. The molecule has 1 aromatic carbocycles. The van der Waals surface area contributed by atoms with Crippen LogP contribution in [-0.2, 0) is 12.7 Å². The van der Waals surface area contributed by atoms with Gasteiger partial charge in [-0.15, -0.1) is 0 Å². The van der Waals surface area contributed by atoms with Crippen LogP contribution in [0.4, 0.5) is 13.2 Å². The zero-order chi connectivity index (χ0) is 12.5. The monoisotopic (exact) mass is 240 g/mol. The SMILES string of the molecule is Cc1cccc(Cn2ccc(C(F)(F)F)n2)c1. The van der Waals surface area contributed by atoms with Crippen molar-refractivity contribution in [3.05, 3.63) is 53.3 Å². The second-order valence-electron chi connectivity index (χ2n) is 3.89. The summed E-state index contributed by atoms with van der Waals surface area (Å²) < 4.78 is 38.3. The topological polar surface area (TPSA) is 17.8 Å². The molecule has 0 saturated carbocycles. The van der Waals surface area contributed by atoms with Crippen LogP contribution in [0.3, 0.4) is 0 Å². The van der Waals surface area contributed by atoms with Crippen LogP contribution < -0.4 is 0 Å². The summed E-state index contributed by atoms with van der Waals surface area (Å²) in [5, 5.41) is 3.50. The van der Waals surface area contributed by atoms with Crippen LogP contribution in [-0.4, -0.2) is 9.78 Å². The fraction of sp³-hybridized carbons (Fsp3) is 0.250. The predicted molar refractivity (Wildman–Crippen MR) is 57.5 cm³/mol. The maximum absolute atomic E-state index is 12.3. The number of hydrogen-bond acceptors (Lipinski definition) is 1. The van der Waals surface area contributed by atoms with Crippen LogP contribution >= 0.6 is 0 Å². The highest BCUT2D eigenvalue weighted by Crippen LogP contribution is 2.27. The Labute approximate surface area is 96.7 Å². The molecule has 2 rings (SSSR count). The molecule has 0 unspecified atom stereocenters. The number of hydrogen-bond donors (Lipinski definition) is 0. The molecule has 1 heterocycles. The first kappa shape index (κ1) is 11.7. The van der Waals surface area contributed by atoms with Crippen molar-refractivity contribution in [2.75, 3.05) is 0 Å². The Balaban J connectivity index is 2.17. The van der Waals surface area contributed by atoms with Crippen LogP contribution in [0.2, 0.25) is 0 Å². The lowest BCUT2D eigenvalue weighted by Gasteiger charge is -2.04. The number of aromatic nitrogens is 2. The zero-order valence-corrected chi connectivity index (χ0v) is 9.20. The molecule has 0 N–H and O–H groups in total. The van der Waals surface area contributed by atoms with Gasteiger partial charge in [-0.1, -0.05) is 29.8 Å². The summed E-state index contributed by atoms with van der Waals surface area (Å²) >= 11 is 0. The van der Waals surface area contributed by atoms with Gasteiger partial charge < -0.3 is 0 Å². The number of aryl methyl sites for hydroxylation is 1. The van der Waals surface area contributed by atoms with E-state index in [2.05, 4.69) is 5.10 Å². The molecule has 1 aromatic heterocycles. The average molecular weight is 240 g/mol. The zero-order valence-electron chi connectivity index (χ0n) is 9.20.